The third-order valence-electron chi connectivity index (χ3n) is 3.14. The molecule has 0 saturated heterocycles. The summed E-state index contributed by atoms with van der Waals surface area (Å²) < 4.78 is 0. The zero-order valence-corrected chi connectivity index (χ0v) is 9.26. The maximum Gasteiger partial charge on any atom is 0.144 e. The van der Waals surface area contributed by atoms with Crippen molar-refractivity contribution < 1.29 is 4.79 Å². The van der Waals surface area contributed by atoms with E-state index in [4.69, 9.17) is 17.3 Å². The van der Waals surface area contributed by atoms with Gasteiger partial charge in [-0.15, -0.1) is 0 Å². The highest BCUT2D eigenvalue weighted by molar-refractivity contribution is 6.31. The second-order valence-corrected chi connectivity index (χ2v) is 4.58. The number of Topliss-reactive ketones (excluding diaryl/α,β-unsaturated/α-hetero) is 1. The van der Waals surface area contributed by atoms with Crippen molar-refractivity contribution in [2.45, 2.75) is 19.3 Å². The highest BCUT2D eigenvalue weighted by Gasteiger charge is 2.47. The van der Waals surface area contributed by atoms with Crippen LogP contribution >= 0.6 is 11.6 Å². The van der Waals surface area contributed by atoms with E-state index in [1.165, 1.54) is 0 Å². The molecule has 2 rings (SSSR count). The molecule has 2 N–H and O–H groups in total. The van der Waals surface area contributed by atoms with E-state index in [-0.39, 0.29) is 11.2 Å². The molecule has 3 heteroatoms. The van der Waals surface area contributed by atoms with Crippen molar-refractivity contribution in [3.05, 3.63) is 34.9 Å². The van der Waals surface area contributed by atoms with Gasteiger partial charge in [-0.3, -0.25) is 4.79 Å². The predicted molar refractivity (Wildman–Crippen MR) is 60.9 cm³/mol. The number of carbonyl (C=O) groups excluding carboxylic acids is 1. The average Bonchev–Trinajstić information content (AvgIpc) is 3.02. The molecule has 1 aromatic rings. The summed E-state index contributed by atoms with van der Waals surface area (Å²) in [7, 11) is 0. The van der Waals surface area contributed by atoms with Gasteiger partial charge in [-0.05, 0) is 24.5 Å². The largest absolute Gasteiger partial charge is 0.329 e. The van der Waals surface area contributed by atoms with Crippen LogP contribution in [0.4, 0.5) is 0 Å². The Morgan fingerprint density at radius 3 is 2.60 bits per heavy atom. The van der Waals surface area contributed by atoms with Crippen LogP contribution in [0.25, 0.3) is 0 Å². The van der Waals surface area contributed by atoms with Gasteiger partial charge in [-0.1, -0.05) is 29.8 Å². The van der Waals surface area contributed by atoms with Gasteiger partial charge in [0.25, 0.3) is 0 Å². The molecule has 0 aromatic heterocycles. The van der Waals surface area contributed by atoms with Crippen molar-refractivity contribution in [2.24, 2.45) is 11.1 Å². The Labute approximate surface area is 94.4 Å². The van der Waals surface area contributed by atoms with E-state index < -0.39 is 0 Å². The summed E-state index contributed by atoms with van der Waals surface area (Å²) in [6.45, 7) is 0.469. The molecule has 0 atom stereocenters. The molecule has 2 nitrogen and oxygen atoms in total. The monoisotopic (exact) mass is 223 g/mol. The fourth-order valence-corrected chi connectivity index (χ4v) is 1.95. The van der Waals surface area contributed by atoms with Gasteiger partial charge in [0.05, 0.1) is 0 Å². The van der Waals surface area contributed by atoms with Gasteiger partial charge in [0, 0.05) is 23.4 Å². The van der Waals surface area contributed by atoms with Crippen LogP contribution in [0.3, 0.4) is 0 Å². The number of benzene rings is 1. The first kappa shape index (κ1) is 10.7. The predicted octanol–water partition coefficient (Wildman–Crippen LogP) is 2.19. The van der Waals surface area contributed by atoms with Crippen LogP contribution < -0.4 is 5.73 Å². The molecule has 15 heavy (non-hydrogen) atoms. The minimum atomic E-state index is -0.223. The van der Waals surface area contributed by atoms with Crippen LogP contribution in [0.15, 0.2) is 24.3 Å². The number of rotatable bonds is 4. The standard InChI is InChI=1S/C12H14ClNO/c13-10-4-2-1-3-9(10)7-11(15)12(8-14)5-6-12/h1-4H,5-8,14H2. The number of hydrogen-bond donors (Lipinski definition) is 1. The molecule has 0 aliphatic heterocycles. The molecule has 1 fully saturated rings. The molecule has 0 amide bonds. The van der Waals surface area contributed by atoms with Gasteiger partial charge in [0.1, 0.15) is 5.78 Å². The van der Waals surface area contributed by atoms with Gasteiger partial charge in [0.2, 0.25) is 0 Å². The normalized spacial score (nSPS) is 17.5. The summed E-state index contributed by atoms with van der Waals surface area (Å²) in [6.07, 6.45) is 2.29. The number of hydrogen-bond acceptors (Lipinski definition) is 2. The lowest BCUT2D eigenvalue weighted by molar-refractivity contribution is -0.123. The Bertz CT molecular complexity index is 385. The van der Waals surface area contributed by atoms with Crippen LogP contribution in [-0.4, -0.2) is 12.3 Å². The molecular formula is C12H14ClNO. The molecule has 1 aliphatic rings. The zero-order valence-electron chi connectivity index (χ0n) is 8.50. The van der Waals surface area contributed by atoms with Gasteiger partial charge in [0.15, 0.2) is 0 Å². The van der Waals surface area contributed by atoms with E-state index in [9.17, 15) is 4.79 Å². The summed E-state index contributed by atoms with van der Waals surface area (Å²) in [5.41, 5.74) is 6.29. The maximum absolute atomic E-state index is 11.9. The molecule has 1 aromatic carbocycles. The van der Waals surface area contributed by atoms with E-state index in [0.717, 1.165) is 18.4 Å². The van der Waals surface area contributed by atoms with Gasteiger partial charge >= 0.3 is 0 Å². The number of halogens is 1. The summed E-state index contributed by atoms with van der Waals surface area (Å²) in [6, 6.07) is 7.47. The van der Waals surface area contributed by atoms with E-state index in [2.05, 4.69) is 0 Å². The number of carbonyl (C=O) groups is 1. The average molecular weight is 224 g/mol. The number of ketones is 1. The van der Waals surface area contributed by atoms with E-state index in [0.29, 0.717) is 18.0 Å². The van der Waals surface area contributed by atoms with Crippen molar-refractivity contribution in [2.75, 3.05) is 6.54 Å². The summed E-state index contributed by atoms with van der Waals surface area (Å²) in [5.74, 6) is 0.234. The Kier molecular flexibility index (Phi) is 2.81. The third kappa shape index (κ3) is 2.06. The lowest BCUT2D eigenvalue weighted by Crippen LogP contribution is -2.26. The lowest BCUT2D eigenvalue weighted by atomic mass is 9.95. The Morgan fingerprint density at radius 2 is 2.07 bits per heavy atom. The van der Waals surface area contributed by atoms with Crippen molar-refractivity contribution in [1.82, 2.24) is 0 Å². The second-order valence-electron chi connectivity index (χ2n) is 4.18. The minimum absolute atomic E-state index is 0.223. The minimum Gasteiger partial charge on any atom is -0.329 e. The number of nitrogens with two attached hydrogens (primary N) is 1. The Hall–Kier alpha value is -0.860. The van der Waals surface area contributed by atoms with Gasteiger partial charge in [-0.25, -0.2) is 0 Å². The van der Waals surface area contributed by atoms with Crippen molar-refractivity contribution >= 4 is 17.4 Å². The van der Waals surface area contributed by atoms with Crippen LogP contribution in [-0.2, 0) is 11.2 Å². The summed E-state index contributed by atoms with van der Waals surface area (Å²) in [4.78, 5) is 11.9. The quantitative estimate of drug-likeness (QED) is 0.851. The van der Waals surface area contributed by atoms with Crippen molar-refractivity contribution in [1.29, 1.82) is 0 Å². The fourth-order valence-electron chi connectivity index (χ4n) is 1.75. The first-order valence-corrected chi connectivity index (χ1v) is 5.52. The Balaban J connectivity index is 2.10. The van der Waals surface area contributed by atoms with Crippen LogP contribution in [0.1, 0.15) is 18.4 Å². The molecule has 0 heterocycles. The first-order chi connectivity index (χ1) is 7.18. The van der Waals surface area contributed by atoms with E-state index in [1.54, 1.807) is 0 Å². The molecule has 0 bridgehead atoms. The third-order valence-corrected chi connectivity index (χ3v) is 3.51. The molecule has 0 unspecified atom stereocenters. The zero-order chi connectivity index (χ0) is 10.9. The molecule has 1 aliphatic carbocycles. The Morgan fingerprint density at radius 1 is 1.40 bits per heavy atom. The highest BCUT2D eigenvalue weighted by Crippen LogP contribution is 2.46. The van der Waals surface area contributed by atoms with Crippen LogP contribution in [0, 0.1) is 5.41 Å². The molecule has 1 saturated carbocycles. The van der Waals surface area contributed by atoms with Gasteiger partial charge in [-0.2, -0.15) is 0 Å². The lowest BCUT2D eigenvalue weighted by Gasteiger charge is -2.11. The SMILES string of the molecule is NCC1(C(=O)Cc2ccccc2Cl)CC1. The topological polar surface area (TPSA) is 43.1 Å². The fraction of sp³-hybridized carbons (Fsp3) is 0.417. The highest BCUT2D eigenvalue weighted by atomic mass is 35.5. The molecule has 0 radical (unpaired) electrons. The van der Waals surface area contributed by atoms with E-state index >= 15 is 0 Å². The maximum atomic E-state index is 11.9. The molecule has 80 valence electrons. The first-order valence-electron chi connectivity index (χ1n) is 5.15. The van der Waals surface area contributed by atoms with Crippen LogP contribution in [0.2, 0.25) is 5.02 Å². The molecule has 0 spiro atoms. The second kappa shape index (κ2) is 3.95. The van der Waals surface area contributed by atoms with Gasteiger partial charge < -0.3 is 5.73 Å². The van der Waals surface area contributed by atoms with Crippen molar-refractivity contribution in [3.8, 4) is 0 Å². The van der Waals surface area contributed by atoms with Crippen molar-refractivity contribution in [3.63, 3.8) is 0 Å². The van der Waals surface area contributed by atoms with Crippen LogP contribution in [0.5, 0.6) is 0 Å². The molecular weight excluding hydrogens is 210 g/mol. The van der Waals surface area contributed by atoms with E-state index in [1.807, 2.05) is 24.3 Å². The summed E-state index contributed by atoms with van der Waals surface area (Å²) >= 11 is 6.00. The summed E-state index contributed by atoms with van der Waals surface area (Å²) in [5, 5.41) is 0.665. The smallest absolute Gasteiger partial charge is 0.144 e.